The molecule has 0 aromatic heterocycles. The topological polar surface area (TPSA) is 75.5 Å². The zero-order valence-electron chi connectivity index (χ0n) is 18.9. The van der Waals surface area contributed by atoms with Gasteiger partial charge in [-0.25, -0.2) is 4.99 Å². The number of hydrogen-bond acceptors (Lipinski definition) is 7. The maximum atomic E-state index is 12.7. The Kier molecular flexibility index (Phi) is 7.41. The van der Waals surface area contributed by atoms with Crippen LogP contribution in [0.5, 0.6) is 11.5 Å². The SMILES string of the molecule is COc1cc(NC(=O)CSC2=NC3(CCN(C)CC3)N=C2c2ccc(Br)cc2)cc(OC)c1. The Labute approximate surface area is 206 Å². The summed E-state index contributed by atoms with van der Waals surface area (Å²) in [6, 6.07) is 13.4. The van der Waals surface area contributed by atoms with Gasteiger partial charge in [0.1, 0.15) is 16.5 Å². The number of amides is 1. The van der Waals surface area contributed by atoms with Crippen molar-refractivity contribution in [2.24, 2.45) is 9.98 Å². The van der Waals surface area contributed by atoms with Crippen LogP contribution in [0.15, 0.2) is 56.9 Å². The van der Waals surface area contributed by atoms with Gasteiger partial charge < -0.3 is 19.7 Å². The molecule has 2 aromatic carbocycles. The number of anilines is 1. The molecule has 0 saturated carbocycles. The third kappa shape index (κ3) is 5.77. The fourth-order valence-corrected chi connectivity index (χ4v) is 4.97. The van der Waals surface area contributed by atoms with Crippen LogP contribution < -0.4 is 14.8 Å². The van der Waals surface area contributed by atoms with E-state index in [2.05, 4.69) is 33.2 Å². The van der Waals surface area contributed by atoms with Gasteiger partial charge in [-0.15, -0.1) is 0 Å². The minimum Gasteiger partial charge on any atom is -0.497 e. The van der Waals surface area contributed by atoms with Gasteiger partial charge in [0.15, 0.2) is 5.66 Å². The fraction of sp³-hybridized carbons (Fsp3) is 0.375. The Morgan fingerprint density at radius 2 is 1.73 bits per heavy atom. The molecule has 0 bridgehead atoms. The van der Waals surface area contributed by atoms with Crippen molar-refractivity contribution < 1.29 is 14.3 Å². The molecular weight excluding hydrogens is 504 g/mol. The number of benzene rings is 2. The summed E-state index contributed by atoms with van der Waals surface area (Å²) >= 11 is 4.92. The zero-order chi connectivity index (χ0) is 23.4. The molecule has 2 aromatic rings. The highest BCUT2D eigenvalue weighted by Gasteiger charge is 2.39. The lowest BCUT2D eigenvalue weighted by atomic mass is 9.99. The first kappa shape index (κ1) is 23.8. The maximum absolute atomic E-state index is 12.7. The first-order valence-corrected chi connectivity index (χ1v) is 12.5. The molecule has 2 heterocycles. The van der Waals surface area contributed by atoms with Crippen LogP contribution in [0.4, 0.5) is 5.69 Å². The number of halogens is 1. The number of nitrogens with zero attached hydrogens (tertiary/aromatic N) is 3. The standard InChI is InChI=1S/C24H27BrN4O3S/c1-29-10-8-24(9-11-29)27-22(16-4-6-17(25)7-5-16)23(28-24)33-15-21(30)26-18-12-19(31-2)14-20(13-18)32-3/h4-7,12-14H,8-11,15H2,1-3H3,(H,26,30). The van der Waals surface area contributed by atoms with Crippen LogP contribution in [0, 0.1) is 0 Å². The summed E-state index contributed by atoms with van der Waals surface area (Å²) in [5, 5.41) is 3.75. The number of aliphatic imine (C=N–C) groups is 2. The monoisotopic (exact) mass is 530 g/mol. The van der Waals surface area contributed by atoms with E-state index < -0.39 is 5.66 Å². The maximum Gasteiger partial charge on any atom is 0.234 e. The van der Waals surface area contributed by atoms with Crippen molar-refractivity contribution >= 4 is 50.0 Å². The quantitative estimate of drug-likeness (QED) is 0.596. The molecule has 2 aliphatic heterocycles. The third-order valence-corrected chi connectivity index (χ3v) is 7.21. The number of thioether (sulfide) groups is 1. The highest BCUT2D eigenvalue weighted by atomic mass is 79.9. The Hall–Kier alpha value is -2.36. The van der Waals surface area contributed by atoms with Crippen molar-refractivity contribution in [3.8, 4) is 11.5 Å². The van der Waals surface area contributed by atoms with Crippen LogP contribution in [-0.2, 0) is 4.79 Å². The second-order valence-corrected chi connectivity index (χ2v) is 9.99. The van der Waals surface area contributed by atoms with Crippen molar-refractivity contribution in [2.75, 3.05) is 45.4 Å². The van der Waals surface area contributed by atoms with Gasteiger partial charge in [-0.05, 0) is 19.2 Å². The van der Waals surface area contributed by atoms with Crippen LogP contribution in [0.25, 0.3) is 0 Å². The number of carbonyl (C=O) groups excluding carboxylic acids is 1. The van der Waals surface area contributed by atoms with Gasteiger partial charge in [0, 0.05) is 59.9 Å². The number of ether oxygens (including phenoxy) is 2. The molecule has 1 fully saturated rings. The van der Waals surface area contributed by atoms with Crippen LogP contribution >= 0.6 is 27.7 Å². The average Bonchev–Trinajstić information content (AvgIpc) is 3.18. The summed E-state index contributed by atoms with van der Waals surface area (Å²) in [4.78, 5) is 25.2. The van der Waals surface area contributed by atoms with E-state index >= 15 is 0 Å². The number of rotatable bonds is 6. The predicted octanol–water partition coefficient (Wildman–Crippen LogP) is 4.46. The summed E-state index contributed by atoms with van der Waals surface area (Å²) < 4.78 is 11.6. The summed E-state index contributed by atoms with van der Waals surface area (Å²) in [5.41, 5.74) is 2.08. The Bertz CT molecular complexity index is 1060. The molecule has 1 spiro atoms. The molecule has 33 heavy (non-hydrogen) atoms. The molecule has 1 N–H and O–H groups in total. The summed E-state index contributed by atoms with van der Waals surface area (Å²) in [7, 11) is 5.28. The van der Waals surface area contributed by atoms with Crippen LogP contribution in [0.1, 0.15) is 18.4 Å². The molecule has 2 aliphatic rings. The van der Waals surface area contributed by atoms with E-state index in [0.717, 1.165) is 46.7 Å². The van der Waals surface area contributed by atoms with Crippen LogP contribution in [-0.4, -0.2) is 67.3 Å². The van der Waals surface area contributed by atoms with E-state index in [9.17, 15) is 4.79 Å². The van der Waals surface area contributed by atoms with E-state index in [1.165, 1.54) is 11.8 Å². The fourth-order valence-electron chi connectivity index (χ4n) is 3.83. The van der Waals surface area contributed by atoms with Gasteiger partial charge in [0.2, 0.25) is 5.91 Å². The number of piperidine rings is 1. The van der Waals surface area contributed by atoms with Crippen molar-refractivity contribution in [2.45, 2.75) is 18.5 Å². The van der Waals surface area contributed by atoms with Crippen molar-refractivity contribution in [3.05, 3.63) is 52.5 Å². The highest BCUT2D eigenvalue weighted by molar-refractivity contribution is 9.10. The first-order chi connectivity index (χ1) is 15.9. The van der Waals surface area contributed by atoms with Gasteiger partial charge in [-0.2, -0.15) is 0 Å². The minimum absolute atomic E-state index is 0.127. The van der Waals surface area contributed by atoms with Gasteiger partial charge in [0.05, 0.1) is 25.7 Å². The summed E-state index contributed by atoms with van der Waals surface area (Å²) in [6.45, 7) is 1.91. The van der Waals surface area contributed by atoms with Crippen LogP contribution in [0.2, 0.25) is 0 Å². The largest absolute Gasteiger partial charge is 0.497 e. The van der Waals surface area contributed by atoms with E-state index in [4.69, 9.17) is 19.5 Å². The minimum atomic E-state index is -0.423. The van der Waals surface area contributed by atoms with Crippen molar-refractivity contribution in [1.29, 1.82) is 0 Å². The molecule has 0 aliphatic carbocycles. The smallest absolute Gasteiger partial charge is 0.234 e. The summed E-state index contributed by atoms with van der Waals surface area (Å²) in [6.07, 6.45) is 1.76. The summed E-state index contributed by atoms with van der Waals surface area (Å²) in [5.74, 6) is 1.33. The van der Waals surface area contributed by atoms with Gasteiger partial charge in [0.25, 0.3) is 0 Å². The zero-order valence-corrected chi connectivity index (χ0v) is 21.3. The van der Waals surface area contributed by atoms with Crippen molar-refractivity contribution in [1.82, 2.24) is 4.90 Å². The first-order valence-electron chi connectivity index (χ1n) is 10.7. The number of methoxy groups -OCH3 is 2. The van der Waals surface area contributed by atoms with E-state index in [0.29, 0.717) is 17.2 Å². The molecule has 0 atom stereocenters. The Morgan fingerprint density at radius 3 is 2.33 bits per heavy atom. The normalized spacial score (nSPS) is 17.5. The predicted molar refractivity (Wildman–Crippen MR) is 138 cm³/mol. The molecule has 0 radical (unpaired) electrons. The number of likely N-dealkylation sites (tertiary alicyclic amines) is 1. The molecule has 9 heteroatoms. The third-order valence-electron chi connectivity index (χ3n) is 5.71. The Balaban J connectivity index is 1.50. The van der Waals surface area contributed by atoms with Gasteiger partial charge in [-0.1, -0.05) is 39.8 Å². The molecule has 4 rings (SSSR count). The van der Waals surface area contributed by atoms with E-state index in [1.54, 1.807) is 32.4 Å². The van der Waals surface area contributed by atoms with Gasteiger partial charge in [-0.3, -0.25) is 9.79 Å². The molecule has 1 amide bonds. The van der Waals surface area contributed by atoms with Crippen LogP contribution in [0.3, 0.4) is 0 Å². The van der Waals surface area contributed by atoms with E-state index in [-0.39, 0.29) is 11.7 Å². The molecule has 0 unspecified atom stereocenters. The highest BCUT2D eigenvalue weighted by Crippen LogP contribution is 2.35. The number of carbonyl (C=O) groups is 1. The lowest BCUT2D eigenvalue weighted by Gasteiger charge is -2.33. The molecule has 1 saturated heterocycles. The molecule has 7 nitrogen and oxygen atoms in total. The lowest BCUT2D eigenvalue weighted by molar-refractivity contribution is -0.113. The number of nitrogens with one attached hydrogen (secondary N) is 1. The molecule has 174 valence electrons. The average molecular weight is 531 g/mol. The second kappa shape index (κ2) is 10.3. The van der Waals surface area contributed by atoms with Crippen molar-refractivity contribution in [3.63, 3.8) is 0 Å². The lowest BCUT2D eigenvalue weighted by Crippen LogP contribution is -2.39. The number of hydrogen-bond donors (Lipinski definition) is 1. The second-order valence-electron chi connectivity index (χ2n) is 8.11. The van der Waals surface area contributed by atoms with E-state index in [1.807, 2.05) is 24.3 Å². The Morgan fingerprint density at radius 1 is 1.09 bits per heavy atom. The van der Waals surface area contributed by atoms with Gasteiger partial charge >= 0.3 is 0 Å². The molecular formula is C24H27BrN4O3S.